The first-order valence-corrected chi connectivity index (χ1v) is 12.0. The maximum absolute atomic E-state index is 14.0. The van der Waals surface area contributed by atoms with Gasteiger partial charge >= 0.3 is 5.69 Å². The van der Waals surface area contributed by atoms with Gasteiger partial charge in [-0.2, -0.15) is 0 Å². The monoisotopic (exact) mass is 524 g/mol. The van der Waals surface area contributed by atoms with Crippen molar-refractivity contribution in [1.82, 2.24) is 19.4 Å². The van der Waals surface area contributed by atoms with Crippen LogP contribution in [0.25, 0.3) is 16.7 Å². The Kier molecular flexibility index (Phi) is 6.52. The maximum Gasteiger partial charge on any atom is 0.337 e. The summed E-state index contributed by atoms with van der Waals surface area (Å²) >= 11 is 0. The number of hydrogen-bond acceptors (Lipinski definition) is 5. The molecule has 1 saturated carbocycles. The Bertz CT molecular complexity index is 1690. The van der Waals surface area contributed by atoms with E-state index in [9.17, 15) is 32.7 Å². The van der Waals surface area contributed by atoms with Gasteiger partial charge in [0, 0.05) is 23.7 Å². The van der Waals surface area contributed by atoms with Crippen molar-refractivity contribution in [3.63, 3.8) is 0 Å². The summed E-state index contributed by atoms with van der Waals surface area (Å²) in [5, 5.41) is 12.6. The van der Waals surface area contributed by atoms with Crippen LogP contribution < -0.4 is 16.6 Å². The summed E-state index contributed by atoms with van der Waals surface area (Å²) in [4.78, 5) is 43.4. The number of benzene rings is 2. The molecule has 2 aromatic carbocycles. The SMILES string of the molecule is Cc1ccc(C(=O)NC2CCC(n3c(=O)c4cc(F)cnc4n(-c4ccc(F)c(F)c4)c3=O)CC2)cc1O. The average molecular weight is 524 g/mol. The maximum atomic E-state index is 14.0. The Morgan fingerprint density at radius 3 is 2.42 bits per heavy atom. The van der Waals surface area contributed by atoms with Crippen LogP contribution in [0.15, 0.2) is 58.3 Å². The molecule has 2 heterocycles. The molecule has 0 bridgehead atoms. The standard InChI is InChI=1S/C27H23F3N4O4/c1-14-2-3-15(10-23(14)35)25(36)32-17-4-6-18(7-5-17)34-26(37)20-11-16(28)13-31-24(20)33(27(34)38)19-8-9-21(29)22(30)12-19/h2-3,8-13,17-18,35H,4-7H2,1H3,(H,32,36). The third-order valence-corrected chi connectivity index (χ3v) is 6.92. The zero-order valence-electron chi connectivity index (χ0n) is 20.2. The highest BCUT2D eigenvalue weighted by Gasteiger charge is 2.28. The lowest BCUT2D eigenvalue weighted by molar-refractivity contribution is 0.0921. The predicted octanol–water partition coefficient (Wildman–Crippen LogP) is 3.89. The number of carbonyl (C=O) groups excluding carboxylic acids is 1. The lowest BCUT2D eigenvalue weighted by atomic mass is 9.90. The number of nitrogens with one attached hydrogen (secondary N) is 1. The van der Waals surface area contributed by atoms with E-state index in [1.165, 1.54) is 12.1 Å². The Morgan fingerprint density at radius 1 is 1.00 bits per heavy atom. The minimum absolute atomic E-state index is 0.0141. The van der Waals surface area contributed by atoms with Gasteiger partial charge in [-0.1, -0.05) is 6.07 Å². The number of aromatic hydroxyl groups is 1. The third-order valence-electron chi connectivity index (χ3n) is 6.92. The average Bonchev–Trinajstić information content (AvgIpc) is 2.89. The molecule has 0 radical (unpaired) electrons. The van der Waals surface area contributed by atoms with Crippen molar-refractivity contribution in [3.8, 4) is 11.4 Å². The smallest absolute Gasteiger partial charge is 0.337 e. The van der Waals surface area contributed by atoms with Crippen LogP contribution in [-0.4, -0.2) is 31.2 Å². The van der Waals surface area contributed by atoms with Gasteiger partial charge in [0.25, 0.3) is 11.5 Å². The van der Waals surface area contributed by atoms with Crippen LogP contribution in [0.2, 0.25) is 0 Å². The van der Waals surface area contributed by atoms with Crippen molar-refractivity contribution < 1.29 is 23.1 Å². The molecular formula is C27H23F3N4O4. The second kappa shape index (κ2) is 9.81. The fraction of sp³-hybridized carbons (Fsp3) is 0.259. The lowest BCUT2D eigenvalue weighted by Crippen LogP contribution is -2.45. The molecule has 1 fully saturated rings. The number of amides is 1. The highest BCUT2D eigenvalue weighted by atomic mass is 19.2. The molecule has 2 aromatic heterocycles. The van der Waals surface area contributed by atoms with Crippen molar-refractivity contribution in [2.75, 3.05) is 0 Å². The van der Waals surface area contributed by atoms with Gasteiger partial charge in [-0.25, -0.2) is 27.5 Å². The second-order valence-electron chi connectivity index (χ2n) is 9.40. The number of phenols is 1. The first-order chi connectivity index (χ1) is 18.1. The van der Waals surface area contributed by atoms with E-state index in [4.69, 9.17) is 0 Å². The number of fused-ring (bicyclic) bond motifs is 1. The quantitative estimate of drug-likeness (QED) is 0.421. The van der Waals surface area contributed by atoms with Crippen LogP contribution in [0.5, 0.6) is 5.75 Å². The molecule has 2 N–H and O–H groups in total. The van der Waals surface area contributed by atoms with Gasteiger partial charge in [-0.05, 0) is 68.5 Å². The van der Waals surface area contributed by atoms with Crippen molar-refractivity contribution in [3.05, 3.63) is 98.1 Å². The van der Waals surface area contributed by atoms with Crippen LogP contribution in [0.3, 0.4) is 0 Å². The molecule has 4 aromatic rings. The van der Waals surface area contributed by atoms with E-state index in [1.807, 2.05) is 0 Å². The van der Waals surface area contributed by atoms with Crippen LogP contribution in [0.1, 0.15) is 47.6 Å². The van der Waals surface area contributed by atoms with Gasteiger partial charge in [-0.15, -0.1) is 0 Å². The lowest BCUT2D eigenvalue weighted by Gasteiger charge is -2.30. The predicted molar refractivity (Wildman–Crippen MR) is 133 cm³/mol. The number of rotatable bonds is 4. The van der Waals surface area contributed by atoms with E-state index in [1.54, 1.807) is 19.1 Å². The molecule has 0 atom stereocenters. The van der Waals surface area contributed by atoms with Crippen LogP contribution in [0.4, 0.5) is 13.2 Å². The summed E-state index contributed by atoms with van der Waals surface area (Å²) in [5.74, 6) is -3.43. The zero-order valence-corrected chi connectivity index (χ0v) is 20.2. The number of nitrogens with zero attached hydrogens (tertiary/aromatic N) is 3. The van der Waals surface area contributed by atoms with Crippen LogP contribution >= 0.6 is 0 Å². The van der Waals surface area contributed by atoms with E-state index in [-0.39, 0.29) is 34.4 Å². The summed E-state index contributed by atoms with van der Waals surface area (Å²) in [6, 6.07) is 7.63. The molecule has 11 heteroatoms. The molecule has 38 heavy (non-hydrogen) atoms. The van der Waals surface area contributed by atoms with Crippen LogP contribution in [-0.2, 0) is 0 Å². The van der Waals surface area contributed by atoms with E-state index < -0.39 is 34.7 Å². The van der Waals surface area contributed by atoms with E-state index in [0.29, 0.717) is 36.8 Å². The van der Waals surface area contributed by atoms with E-state index in [2.05, 4.69) is 10.3 Å². The largest absolute Gasteiger partial charge is 0.508 e. The molecule has 8 nitrogen and oxygen atoms in total. The molecule has 0 spiro atoms. The van der Waals surface area contributed by atoms with Gasteiger partial charge < -0.3 is 10.4 Å². The van der Waals surface area contributed by atoms with E-state index >= 15 is 0 Å². The number of pyridine rings is 1. The van der Waals surface area contributed by atoms with Gasteiger partial charge in [0.15, 0.2) is 17.3 Å². The molecule has 0 aliphatic heterocycles. The van der Waals surface area contributed by atoms with Crippen molar-refractivity contribution >= 4 is 16.9 Å². The first kappa shape index (κ1) is 25.2. The Balaban J connectivity index is 1.46. The first-order valence-electron chi connectivity index (χ1n) is 12.0. The number of hydrogen-bond donors (Lipinski definition) is 2. The van der Waals surface area contributed by atoms with Crippen molar-refractivity contribution in [1.29, 1.82) is 0 Å². The highest BCUT2D eigenvalue weighted by molar-refractivity contribution is 5.94. The molecule has 1 amide bonds. The number of halogens is 3. The summed E-state index contributed by atoms with van der Waals surface area (Å²) in [7, 11) is 0. The number of aryl methyl sites for hydroxylation is 1. The highest BCUT2D eigenvalue weighted by Crippen LogP contribution is 2.28. The second-order valence-corrected chi connectivity index (χ2v) is 9.40. The normalized spacial score (nSPS) is 17.5. The van der Waals surface area contributed by atoms with Crippen LogP contribution in [0, 0.1) is 24.4 Å². The van der Waals surface area contributed by atoms with Gasteiger partial charge in [0.05, 0.1) is 17.3 Å². The molecule has 5 rings (SSSR count). The molecule has 1 aliphatic rings. The molecule has 1 aliphatic carbocycles. The van der Waals surface area contributed by atoms with Gasteiger partial charge in [-0.3, -0.25) is 14.2 Å². The number of aromatic nitrogens is 3. The minimum Gasteiger partial charge on any atom is -0.508 e. The molecule has 0 saturated heterocycles. The van der Waals surface area contributed by atoms with E-state index in [0.717, 1.165) is 33.5 Å². The third kappa shape index (κ3) is 4.55. The summed E-state index contributed by atoms with van der Waals surface area (Å²) in [6.45, 7) is 1.72. The Hall–Kier alpha value is -4.41. The minimum atomic E-state index is -1.19. The zero-order chi connectivity index (χ0) is 27.1. The summed E-state index contributed by atoms with van der Waals surface area (Å²) in [6.07, 6.45) is 2.44. The molecule has 196 valence electrons. The topological polar surface area (TPSA) is 106 Å². The number of carbonyl (C=O) groups is 1. The fourth-order valence-corrected chi connectivity index (χ4v) is 4.86. The fourth-order valence-electron chi connectivity index (χ4n) is 4.86. The summed E-state index contributed by atoms with van der Waals surface area (Å²) in [5.41, 5.74) is -0.828. The summed E-state index contributed by atoms with van der Waals surface area (Å²) < 4.78 is 43.6. The molecular weight excluding hydrogens is 501 g/mol. The Labute approximate surface area is 214 Å². The number of phenolic OH excluding ortho intramolecular Hbond substituents is 1. The Morgan fingerprint density at radius 2 is 1.74 bits per heavy atom. The van der Waals surface area contributed by atoms with Gasteiger partial charge in [0.2, 0.25) is 0 Å². The molecule has 0 unspecified atom stereocenters. The van der Waals surface area contributed by atoms with Crippen molar-refractivity contribution in [2.24, 2.45) is 0 Å². The van der Waals surface area contributed by atoms with Crippen molar-refractivity contribution in [2.45, 2.75) is 44.7 Å². The van der Waals surface area contributed by atoms with Gasteiger partial charge in [0.1, 0.15) is 11.6 Å².